The zero-order valence-corrected chi connectivity index (χ0v) is 13.6. The van der Waals surface area contributed by atoms with E-state index in [4.69, 9.17) is 0 Å². The van der Waals surface area contributed by atoms with Crippen molar-refractivity contribution in [3.05, 3.63) is 35.8 Å². The van der Waals surface area contributed by atoms with E-state index in [1.54, 1.807) is 0 Å². The smallest absolute Gasteiger partial charge is 0.226 e. The molecule has 122 valence electrons. The second-order valence-corrected chi connectivity index (χ2v) is 6.24. The van der Waals surface area contributed by atoms with Crippen LogP contribution in [0.2, 0.25) is 0 Å². The molecule has 1 fully saturated rings. The second-order valence-electron chi connectivity index (χ2n) is 6.24. The van der Waals surface area contributed by atoms with Gasteiger partial charge in [-0.1, -0.05) is 6.07 Å². The Balaban J connectivity index is 1.57. The topological polar surface area (TPSA) is 66.7 Å². The number of carbonyl (C=O) groups excluding carboxylic acids is 2. The second kappa shape index (κ2) is 6.40. The van der Waals surface area contributed by atoms with Crippen LogP contribution in [0.1, 0.15) is 31.0 Å². The van der Waals surface area contributed by atoms with Gasteiger partial charge in [0, 0.05) is 37.9 Å². The predicted molar refractivity (Wildman–Crippen MR) is 87.1 cm³/mol. The molecule has 2 amide bonds. The summed E-state index contributed by atoms with van der Waals surface area (Å²) in [6.45, 7) is 5.30. The van der Waals surface area contributed by atoms with Crippen LogP contribution in [0.15, 0.2) is 24.5 Å². The molecule has 6 nitrogen and oxygen atoms in total. The summed E-state index contributed by atoms with van der Waals surface area (Å²) in [7, 11) is 0. The van der Waals surface area contributed by atoms with Crippen LogP contribution in [0.25, 0.3) is 5.65 Å². The lowest BCUT2D eigenvalue weighted by molar-refractivity contribution is -0.129. The molecule has 1 N–H and O–H groups in total. The van der Waals surface area contributed by atoms with Crippen molar-refractivity contribution in [1.29, 1.82) is 0 Å². The number of nitrogens with zero attached hydrogens (tertiary/aromatic N) is 3. The average Bonchev–Trinajstić information content (AvgIpc) is 3.06. The first-order chi connectivity index (χ1) is 11.0. The van der Waals surface area contributed by atoms with E-state index >= 15 is 0 Å². The largest absolute Gasteiger partial charge is 0.352 e. The van der Waals surface area contributed by atoms with Gasteiger partial charge in [-0.3, -0.25) is 9.59 Å². The number of imidazole rings is 1. The molecule has 3 rings (SSSR count). The van der Waals surface area contributed by atoms with Gasteiger partial charge in [0.2, 0.25) is 11.8 Å². The Morgan fingerprint density at radius 3 is 3.00 bits per heavy atom. The van der Waals surface area contributed by atoms with Crippen LogP contribution >= 0.6 is 0 Å². The molecule has 3 heterocycles. The molecule has 0 saturated carbocycles. The van der Waals surface area contributed by atoms with Crippen LogP contribution in [0.4, 0.5) is 0 Å². The van der Waals surface area contributed by atoms with Gasteiger partial charge in [0.15, 0.2) is 0 Å². The van der Waals surface area contributed by atoms with Crippen molar-refractivity contribution in [3.8, 4) is 0 Å². The third kappa shape index (κ3) is 3.52. The van der Waals surface area contributed by atoms with E-state index in [-0.39, 0.29) is 24.3 Å². The Labute approximate surface area is 135 Å². The van der Waals surface area contributed by atoms with Gasteiger partial charge in [-0.05, 0) is 31.9 Å². The summed E-state index contributed by atoms with van der Waals surface area (Å²) in [5, 5.41) is 2.95. The third-order valence-electron chi connectivity index (χ3n) is 4.14. The number of carbonyl (C=O) groups is 2. The van der Waals surface area contributed by atoms with Crippen LogP contribution in [0.5, 0.6) is 0 Å². The highest BCUT2D eigenvalue weighted by molar-refractivity contribution is 5.79. The van der Waals surface area contributed by atoms with E-state index in [0.717, 1.165) is 29.9 Å². The predicted octanol–water partition coefficient (Wildman–Crippen LogP) is 1.31. The molecule has 0 radical (unpaired) electrons. The van der Waals surface area contributed by atoms with Gasteiger partial charge in [0.25, 0.3) is 0 Å². The van der Waals surface area contributed by atoms with E-state index in [0.29, 0.717) is 13.0 Å². The number of fused-ring (bicyclic) bond motifs is 1. The van der Waals surface area contributed by atoms with E-state index in [1.807, 2.05) is 47.7 Å². The van der Waals surface area contributed by atoms with Crippen molar-refractivity contribution >= 4 is 17.5 Å². The van der Waals surface area contributed by atoms with Crippen LogP contribution in [-0.2, 0) is 16.0 Å². The van der Waals surface area contributed by atoms with Crippen molar-refractivity contribution in [2.45, 2.75) is 39.2 Å². The maximum Gasteiger partial charge on any atom is 0.226 e. The fourth-order valence-corrected chi connectivity index (χ4v) is 3.05. The minimum absolute atomic E-state index is 0.0525. The lowest BCUT2D eigenvalue weighted by Crippen LogP contribution is -2.43. The van der Waals surface area contributed by atoms with E-state index < -0.39 is 0 Å². The maximum absolute atomic E-state index is 12.2. The zero-order valence-electron chi connectivity index (χ0n) is 13.6. The Morgan fingerprint density at radius 1 is 1.48 bits per heavy atom. The number of hydrogen-bond donors (Lipinski definition) is 1. The van der Waals surface area contributed by atoms with Crippen molar-refractivity contribution in [1.82, 2.24) is 19.6 Å². The average molecular weight is 314 g/mol. The Kier molecular flexibility index (Phi) is 4.32. The van der Waals surface area contributed by atoms with E-state index in [1.165, 1.54) is 0 Å². The van der Waals surface area contributed by atoms with Crippen molar-refractivity contribution in [3.63, 3.8) is 0 Å². The maximum atomic E-state index is 12.2. The van der Waals surface area contributed by atoms with E-state index in [2.05, 4.69) is 10.3 Å². The number of hydrogen-bond acceptors (Lipinski definition) is 3. The first-order valence-corrected chi connectivity index (χ1v) is 8.03. The highest BCUT2D eigenvalue weighted by atomic mass is 16.2. The van der Waals surface area contributed by atoms with Gasteiger partial charge in [0.1, 0.15) is 5.65 Å². The van der Waals surface area contributed by atoms with Gasteiger partial charge in [-0.15, -0.1) is 0 Å². The van der Waals surface area contributed by atoms with Crippen LogP contribution < -0.4 is 5.32 Å². The fraction of sp³-hybridized carbons (Fsp3) is 0.471. The monoisotopic (exact) mass is 314 g/mol. The molecule has 1 unspecified atom stereocenters. The van der Waals surface area contributed by atoms with Gasteiger partial charge >= 0.3 is 0 Å². The molecular formula is C17H22N4O2. The van der Waals surface area contributed by atoms with E-state index in [9.17, 15) is 9.59 Å². The molecule has 1 saturated heterocycles. The molecule has 6 heteroatoms. The molecule has 23 heavy (non-hydrogen) atoms. The quantitative estimate of drug-likeness (QED) is 0.905. The van der Waals surface area contributed by atoms with Gasteiger partial charge < -0.3 is 14.6 Å². The highest BCUT2D eigenvalue weighted by Crippen LogP contribution is 2.11. The number of nitrogens with one attached hydrogen (secondary N) is 1. The van der Waals surface area contributed by atoms with Gasteiger partial charge in [0.05, 0.1) is 12.1 Å². The third-order valence-corrected chi connectivity index (χ3v) is 4.14. The molecule has 1 aliphatic heterocycles. The highest BCUT2D eigenvalue weighted by Gasteiger charge is 2.22. The summed E-state index contributed by atoms with van der Waals surface area (Å²) in [5.74, 6) is 0.118. The van der Waals surface area contributed by atoms with Crippen LogP contribution in [-0.4, -0.2) is 45.2 Å². The summed E-state index contributed by atoms with van der Waals surface area (Å²) >= 11 is 0. The van der Waals surface area contributed by atoms with Gasteiger partial charge in [-0.25, -0.2) is 4.98 Å². The first-order valence-electron chi connectivity index (χ1n) is 8.03. The molecule has 1 aliphatic rings. The number of aromatic nitrogens is 2. The Morgan fingerprint density at radius 2 is 2.30 bits per heavy atom. The van der Waals surface area contributed by atoms with Crippen LogP contribution in [0.3, 0.4) is 0 Å². The Hall–Kier alpha value is -2.37. The first kappa shape index (κ1) is 15.5. The normalized spacial score (nSPS) is 16.1. The molecule has 1 atom stereocenters. The summed E-state index contributed by atoms with van der Waals surface area (Å²) in [6, 6.07) is 3.91. The van der Waals surface area contributed by atoms with Crippen molar-refractivity contribution in [2.24, 2.45) is 0 Å². The summed E-state index contributed by atoms with van der Waals surface area (Å²) in [6.07, 6.45) is 5.61. The molecule has 2 aromatic rings. The lowest BCUT2D eigenvalue weighted by atomic mass is 10.2. The molecule has 0 aliphatic carbocycles. The zero-order chi connectivity index (χ0) is 16.4. The summed E-state index contributed by atoms with van der Waals surface area (Å²) in [4.78, 5) is 30.1. The number of aryl methyl sites for hydroxylation is 1. The SMILES string of the molecule is Cc1cccn2cc(CC(=O)NC(C)CN3CCCC3=O)nc12. The molecular weight excluding hydrogens is 292 g/mol. The Bertz CT molecular complexity index is 737. The number of amides is 2. The number of pyridine rings is 1. The van der Waals surface area contributed by atoms with Crippen molar-refractivity contribution in [2.75, 3.05) is 13.1 Å². The minimum Gasteiger partial charge on any atom is -0.352 e. The van der Waals surface area contributed by atoms with Crippen LogP contribution in [0, 0.1) is 6.92 Å². The standard InChI is InChI=1S/C17H22N4O2/c1-12-5-3-8-21-11-14(19-17(12)21)9-15(22)18-13(2)10-20-7-4-6-16(20)23/h3,5,8,11,13H,4,6-7,9-10H2,1-2H3,(H,18,22). The number of rotatable bonds is 5. The summed E-state index contributed by atoms with van der Waals surface area (Å²) in [5.41, 5.74) is 2.72. The molecule has 0 aromatic carbocycles. The lowest BCUT2D eigenvalue weighted by Gasteiger charge is -2.21. The summed E-state index contributed by atoms with van der Waals surface area (Å²) < 4.78 is 1.93. The molecule has 0 spiro atoms. The number of likely N-dealkylation sites (tertiary alicyclic amines) is 1. The fourth-order valence-electron chi connectivity index (χ4n) is 3.05. The van der Waals surface area contributed by atoms with Crippen molar-refractivity contribution < 1.29 is 9.59 Å². The van der Waals surface area contributed by atoms with Gasteiger partial charge in [-0.2, -0.15) is 0 Å². The molecule has 0 bridgehead atoms. The molecule has 2 aromatic heterocycles. The minimum atomic E-state index is -0.0646.